The van der Waals surface area contributed by atoms with Crippen LogP contribution in [-0.2, 0) is 0 Å². The highest BCUT2D eigenvalue weighted by atomic mass is 16.5. The Hall–Kier alpha value is -1.51. The van der Waals surface area contributed by atoms with Gasteiger partial charge in [-0.1, -0.05) is 0 Å². The molecule has 14 heavy (non-hydrogen) atoms. The molecular formula is C11H14N2O. The Bertz CT molecular complexity index is 485. The van der Waals surface area contributed by atoms with E-state index in [0.717, 1.165) is 33.7 Å². The lowest BCUT2D eigenvalue weighted by Gasteiger charge is -2.06. The fraction of sp³-hybridized carbons (Fsp3) is 0.364. The molecule has 3 nitrogen and oxygen atoms in total. The van der Waals surface area contributed by atoms with E-state index in [2.05, 4.69) is 9.97 Å². The summed E-state index contributed by atoms with van der Waals surface area (Å²) in [4.78, 5) is 7.69. The van der Waals surface area contributed by atoms with Gasteiger partial charge in [-0.2, -0.15) is 0 Å². The highest BCUT2D eigenvalue weighted by molar-refractivity contribution is 5.84. The Kier molecular flexibility index (Phi) is 1.95. The van der Waals surface area contributed by atoms with Crippen molar-refractivity contribution >= 4 is 11.0 Å². The smallest absolute Gasteiger partial charge is 0.124 e. The zero-order chi connectivity index (χ0) is 10.3. The first kappa shape index (κ1) is 9.06. The number of nitrogens with one attached hydrogen (secondary N) is 1. The van der Waals surface area contributed by atoms with Crippen LogP contribution in [0.5, 0.6) is 5.75 Å². The van der Waals surface area contributed by atoms with Gasteiger partial charge in [0.1, 0.15) is 11.6 Å². The van der Waals surface area contributed by atoms with E-state index in [0.29, 0.717) is 0 Å². The van der Waals surface area contributed by atoms with E-state index in [4.69, 9.17) is 4.74 Å². The summed E-state index contributed by atoms with van der Waals surface area (Å²) in [6.45, 7) is 6.05. The molecule has 0 aliphatic carbocycles. The summed E-state index contributed by atoms with van der Waals surface area (Å²) in [7, 11) is 1.69. The van der Waals surface area contributed by atoms with Crippen molar-refractivity contribution in [2.24, 2.45) is 0 Å². The SMILES string of the molecule is COc1cc(C)c2nc(C)[nH]c2c1C. The van der Waals surface area contributed by atoms with Gasteiger partial charge < -0.3 is 9.72 Å². The first-order valence-corrected chi connectivity index (χ1v) is 4.64. The van der Waals surface area contributed by atoms with Gasteiger partial charge in [0.05, 0.1) is 18.1 Å². The van der Waals surface area contributed by atoms with Gasteiger partial charge >= 0.3 is 0 Å². The van der Waals surface area contributed by atoms with Crippen LogP contribution in [-0.4, -0.2) is 17.1 Å². The number of aromatic nitrogens is 2. The number of H-pyrrole nitrogens is 1. The van der Waals surface area contributed by atoms with Crippen molar-refractivity contribution in [3.63, 3.8) is 0 Å². The van der Waals surface area contributed by atoms with Crippen LogP contribution in [0.1, 0.15) is 17.0 Å². The number of methoxy groups -OCH3 is 1. The number of hydrogen-bond acceptors (Lipinski definition) is 2. The van der Waals surface area contributed by atoms with Gasteiger partial charge in [0, 0.05) is 5.56 Å². The van der Waals surface area contributed by atoms with Gasteiger partial charge in [0.2, 0.25) is 0 Å². The minimum absolute atomic E-state index is 0.915. The Balaban J connectivity index is 2.86. The molecule has 0 aliphatic rings. The standard InChI is InChI=1S/C11H14N2O/c1-6-5-9(14-4)7(2)11-10(6)12-8(3)13-11/h5H,1-4H3,(H,12,13). The maximum Gasteiger partial charge on any atom is 0.124 e. The second-order valence-corrected chi connectivity index (χ2v) is 3.57. The van der Waals surface area contributed by atoms with E-state index in [1.54, 1.807) is 7.11 Å². The number of rotatable bonds is 1. The lowest BCUT2D eigenvalue weighted by Crippen LogP contribution is -1.90. The highest BCUT2D eigenvalue weighted by Crippen LogP contribution is 2.28. The van der Waals surface area contributed by atoms with Crippen molar-refractivity contribution in [2.45, 2.75) is 20.8 Å². The average molecular weight is 190 g/mol. The van der Waals surface area contributed by atoms with Gasteiger partial charge in [-0.05, 0) is 32.4 Å². The van der Waals surface area contributed by atoms with Crippen molar-refractivity contribution in [3.05, 3.63) is 23.0 Å². The summed E-state index contributed by atoms with van der Waals surface area (Å²) < 4.78 is 5.30. The monoisotopic (exact) mass is 190 g/mol. The number of aryl methyl sites for hydroxylation is 3. The third kappa shape index (κ3) is 1.16. The summed E-state index contributed by atoms with van der Waals surface area (Å²) >= 11 is 0. The first-order valence-electron chi connectivity index (χ1n) is 4.64. The van der Waals surface area contributed by atoms with Gasteiger partial charge in [0.25, 0.3) is 0 Å². The van der Waals surface area contributed by atoms with Crippen LogP contribution >= 0.6 is 0 Å². The summed E-state index contributed by atoms with van der Waals surface area (Å²) in [5, 5.41) is 0. The lowest BCUT2D eigenvalue weighted by atomic mass is 10.1. The predicted molar refractivity (Wildman–Crippen MR) is 56.9 cm³/mol. The van der Waals surface area contributed by atoms with Gasteiger partial charge in [-0.25, -0.2) is 4.98 Å². The van der Waals surface area contributed by atoms with Crippen LogP contribution < -0.4 is 4.74 Å². The number of fused-ring (bicyclic) bond motifs is 1. The topological polar surface area (TPSA) is 37.9 Å². The van der Waals surface area contributed by atoms with Crippen molar-refractivity contribution in [2.75, 3.05) is 7.11 Å². The summed E-state index contributed by atoms with van der Waals surface area (Å²) in [6, 6.07) is 2.03. The molecule has 0 saturated heterocycles. The number of imidazole rings is 1. The van der Waals surface area contributed by atoms with Crippen molar-refractivity contribution in [3.8, 4) is 5.75 Å². The molecule has 0 saturated carbocycles. The van der Waals surface area contributed by atoms with Crippen LogP contribution in [0, 0.1) is 20.8 Å². The maximum atomic E-state index is 5.30. The van der Waals surface area contributed by atoms with Crippen molar-refractivity contribution in [1.82, 2.24) is 9.97 Å². The normalized spacial score (nSPS) is 10.9. The van der Waals surface area contributed by atoms with E-state index in [9.17, 15) is 0 Å². The lowest BCUT2D eigenvalue weighted by molar-refractivity contribution is 0.412. The van der Waals surface area contributed by atoms with E-state index in [1.165, 1.54) is 0 Å². The predicted octanol–water partition coefficient (Wildman–Crippen LogP) is 2.50. The number of ether oxygens (including phenoxy) is 1. The fourth-order valence-electron chi connectivity index (χ4n) is 1.76. The molecule has 1 N–H and O–H groups in total. The second kappa shape index (κ2) is 3.01. The summed E-state index contributed by atoms with van der Waals surface area (Å²) in [6.07, 6.45) is 0. The molecule has 3 heteroatoms. The number of benzene rings is 1. The Morgan fingerprint density at radius 2 is 2.00 bits per heavy atom. The minimum atomic E-state index is 0.915. The Labute approximate surface area is 83.1 Å². The fourth-order valence-corrected chi connectivity index (χ4v) is 1.76. The molecule has 0 aliphatic heterocycles. The minimum Gasteiger partial charge on any atom is -0.496 e. The van der Waals surface area contributed by atoms with Crippen LogP contribution in [0.15, 0.2) is 6.07 Å². The third-order valence-corrected chi connectivity index (χ3v) is 2.51. The zero-order valence-corrected chi connectivity index (χ0v) is 8.93. The van der Waals surface area contributed by atoms with E-state index in [-0.39, 0.29) is 0 Å². The zero-order valence-electron chi connectivity index (χ0n) is 8.93. The molecule has 2 rings (SSSR count). The van der Waals surface area contributed by atoms with E-state index >= 15 is 0 Å². The van der Waals surface area contributed by atoms with E-state index in [1.807, 2.05) is 26.8 Å². The second-order valence-electron chi connectivity index (χ2n) is 3.57. The van der Waals surface area contributed by atoms with Gasteiger partial charge in [-0.15, -0.1) is 0 Å². The number of aromatic amines is 1. The van der Waals surface area contributed by atoms with E-state index < -0.39 is 0 Å². The summed E-state index contributed by atoms with van der Waals surface area (Å²) in [5.41, 5.74) is 4.39. The largest absolute Gasteiger partial charge is 0.496 e. The molecule has 0 bridgehead atoms. The molecule has 0 atom stereocenters. The maximum absolute atomic E-state index is 5.30. The number of hydrogen-bond donors (Lipinski definition) is 1. The molecular weight excluding hydrogens is 176 g/mol. The van der Waals surface area contributed by atoms with Crippen LogP contribution in [0.4, 0.5) is 0 Å². The van der Waals surface area contributed by atoms with Crippen LogP contribution in [0.25, 0.3) is 11.0 Å². The highest BCUT2D eigenvalue weighted by Gasteiger charge is 2.10. The first-order chi connectivity index (χ1) is 6.63. The molecule has 0 unspecified atom stereocenters. The van der Waals surface area contributed by atoms with Crippen molar-refractivity contribution < 1.29 is 4.74 Å². The van der Waals surface area contributed by atoms with Gasteiger partial charge in [-0.3, -0.25) is 0 Å². The molecule has 1 aromatic heterocycles. The van der Waals surface area contributed by atoms with Gasteiger partial charge in [0.15, 0.2) is 0 Å². The molecule has 0 fully saturated rings. The van der Waals surface area contributed by atoms with Crippen LogP contribution in [0.2, 0.25) is 0 Å². The Morgan fingerprint density at radius 3 is 2.64 bits per heavy atom. The van der Waals surface area contributed by atoms with Crippen molar-refractivity contribution in [1.29, 1.82) is 0 Å². The summed E-state index contributed by atoms with van der Waals surface area (Å²) in [5.74, 6) is 1.86. The molecule has 2 aromatic rings. The molecule has 1 aromatic carbocycles. The molecule has 0 amide bonds. The Morgan fingerprint density at radius 1 is 1.29 bits per heavy atom. The van der Waals surface area contributed by atoms with Crippen LogP contribution in [0.3, 0.4) is 0 Å². The third-order valence-electron chi connectivity index (χ3n) is 2.51. The molecule has 74 valence electrons. The quantitative estimate of drug-likeness (QED) is 0.750. The average Bonchev–Trinajstić information content (AvgIpc) is 2.54. The number of nitrogens with zero attached hydrogens (tertiary/aromatic N) is 1. The molecule has 1 heterocycles. The molecule has 0 spiro atoms. The molecule has 0 radical (unpaired) electrons.